The fraction of sp³-hybridized carbons (Fsp3) is 0.238. The number of carbonyl (C=O) groups excluding carboxylic acids is 1. The van der Waals surface area contributed by atoms with Crippen molar-refractivity contribution in [1.29, 1.82) is 0 Å². The van der Waals surface area contributed by atoms with Gasteiger partial charge in [-0.2, -0.15) is 0 Å². The number of amides is 1. The maximum absolute atomic E-state index is 12.5. The van der Waals surface area contributed by atoms with E-state index in [-0.39, 0.29) is 17.7 Å². The normalized spacial score (nSPS) is 18.3. The van der Waals surface area contributed by atoms with E-state index in [9.17, 15) is 4.79 Å². The quantitative estimate of drug-likeness (QED) is 0.717. The Morgan fingerprint density at radius 2 is 2.15 bits per heavy atom. The fourth-order valence-electron chi connectivity index (χ4n) is 3.37. The molecule has 5 nitrogen and oxygen atoms in total. The molecule has 1 saturated carbocycles. The maximum atomic E-state index is 12.5. The molecule has 1 fully saturated rings. The van der Waals surface area contributed by atoms with E-state index in [2.05, 4.69) is 15.3 Å². The monoisotopic (exact) mass is 347 g/mol. The number of hydrogen-bond acceptors (Lipinski definition) is 3. The van der Waals surface area contributed by atoms with Gasteiger partial charge in [-0.1, -0.05) is 36.4 Å². The molecule has 4 rings (SSSR count). The molecule has 0 spiro atoms. The van der Waals surface area contributed by atoms with Crippen molar-refractivity contribution in [1.82, 2.24) is 15.3 Å². The van der Waals surface area contributed by atoms with Gasteiger partial charge in [0.1, 0.15) is 11.6 Å². The van der Waals surface area contributed by atoms with E-state index in [0.717, 1.165) is 34.7 Å². The first-order valence-electron chi connectivity index (χ1n) is 8.75. The molecule has 2 atom stereocenters. The van der Waals surface area contributed by atoms with Gasteiger partial charge in [0.15, 0.2) is 0 Å². The van der Waals surface area contributed by atoms with Gasteiger partial charge < -0.3 is 15.0 Å². The van der Waals surface area contributed by atoms with Crippen molar-refractivity contribution in [2.24, 2.45) is 5.92 Å². The predicted octanol–water partition coefficient (Wildman–Crippen LogP) is 3.51. The number of imidazole rings is 1. The van der Waals surface area contributed by atoms with Crippen LogP contribution >= 0.6 is 0 Å². The van der Waals surface area contributed by atoms with Gasteiger partial charge >= 0.3 is 0 Å². The van der Waals surface area contributed by atoms with E-state index < -0.39 is 0 Å². The fourth-order valence-corrected chi connectivity index (χ4v) is 3.37. The smallest absolute Gasteiger partial charge is 0.224 e. The highest BCUT2D eigenvalue weighted by Crippen LogP contribution is 2.50. The number of benzene rings is 2. The third-order valence-corrected chi connectivity index (χ3v) is 4.83. The molecule has 3 aromatic rings. The largest absolute Gasteiger partial charge is 0.496 e. The lowest BCUT2D eigenvalue weighted by atomic mass is 10.1. The summed E-state index contributed by atoms with van der Waals surface area (Å²) in [6.07, 6.45) is 4.41. The molecule has 132 valence electrons. The Hall–Kier alpha value is -3.08. The summed E-state index contributed by atoms with van der Waals surface area (Å²) in [7, 11) is 1.67. The molecule has 26 heavy (non-hydrogen) atoms. The van der Waals surface area contributed by atoms with Crippen LogP contribution in [0.15, 0.2) is 60.9 Å². The van der Waals surface area contributed by atoms with E-state index in [0.29, 0.717) is 6.54 Å². The van der Waals surface area contributed by atoms with Crippen LogP contribution in [0.4, 0.5) is 0 Å². The lowest BCUT2D eigenvalue weighted by Crippen LogP contribution is -2.24. The highest BCUT2D eigenvalue weighted by Gasteiger charge is 2.45. The zero-order valence-corrected chi connectivity index (χ0v) is 14.6. The number of nitrogens with one attached hydrogen (secondary N) is 2. The standard InChI is InChI=1S/C21H21N3O2/c1-26-19-8-3-2-7-16(19)17-12-18(17)21(25)24-13-14-5-4-6-15(11-14)20-22-9-10-23-20/h2-11,17-18H,12-13H2,1H3,(H,22,23)(H,24,25)/t17-,18+/m0/s1. The predicted molar refractivity (Wildman–Crippen MR) is 99.7 cm³/mol. The number of nitrogens with zero attached hydrogens (tertiary/aromatic N) is 1. The summed E-state index contributed by atoms with van der Waals surface area (Å²) in [6, 6.07) is 16.0. The molecule has 1 aliphatic rings. The van der Waals surface area contributed by atoms with Gasteiger partial charge in [-0.25, -0.2) is 4.98 Å². The molecule has 2 aromatic carbocycles. The van der Waals surface area contributed by atoms with Crippen LogP contribution in [-0.4, -0.2) is 23.0 Å². The summed E-state index contributed by atoms with van der Waals surface area (Å²) in [5.41, 5.74) is 3.19. The van der Waals surface area contributed by atoms with E-state index >= 15 is 0 Å². The number of ether oxygens (including phenoxy) is 1. The van der Waals surface area contributed by atoms with E-state index in [1.165, 1.54) is 0 Å². The average molecular weight is 347 g/mol. The Balaban J connectivity index is 1.37. The van der Waals surface area contributed by atoms with Crippen LogP contribution in [0, 0.1) is 5.92 Å². The first-order chi connectivity index (χ1) is 12.8. The van der Waals surface area contributed by atoms with Crippen LogP contribution in [-0.2, 0) is 11.3 Å². The second-order valence-electron chi connectivity index (χ2n) is 6.55. The summed E-state index contributed by atoms with van der Waals surface area (Å²) >= 11 is 0. The summed E-state index contributed by atoms with van der Waals surface area (Å²) in [6.45, 7) is 0.516. The topological polar surface area (TPSA) is 67.0 Å². The minimum atomic E-state index is 0.0274. The van der Waals surface area contributed by atoms with Crippen LogP contribution in [0.3, 0.4) is 0 Å². The van der Waals surface area contributed by atoms with Gasteiger partial charge in [0.2, 0.25) is 5.91 Å². The molecule has 0 bridgehead atoms. The lowest BCUT2D eigenvalue weighted by molar-refractivity contribution is -0.122. The number of H-pyrrole nitrogens is 1. The first-order valence-corrected chi connectivity index (χ1v) is 8.75. The van der Waals surface area contributed by atoms with E-state index in [1.807, 2.05) is 48.5 Å². The minimum Gasteiger partial charge on any atom is -0.496 e. The van der Waals surface area contributed by atoms with Crippen molar-refractivity contribution in [3.8, 4) is 17.1 Å². The molecule has 0 radical (unpaired) electrons. The summed E-state index contributed by atoms with van der Waals surface area (Å²) in [5, 5.41) is 3.06. The third-order valence-electron chi connectivity index (χ3n) is 4.83. The minimum absolute atomic E-state index is 0.0274. The molecule has 1 aliphatic carbocycles. The summed E-state index contributed by atoms with van der Waals surface area (Å²) in [5.74, 6) is 2.07. The van der Waals surface area contributed by atoms with Crippen LogP contribution in [0.2, 0.25) is 0 Å². The van der Waals surface area contributed by atoms with Crippen molar-refractivity contribution in [2.75, 3.05) is 7.11 Å². The Kier molecular flexibility index (Phi) is 4.44. The van der Waals surface area contributed by atoms with Gasteiger partial charge in [0, 0.05) is 30.4 Å². The molecular weight excluding hydrogens is 326 g/mol. The first kappa shape index (κ1) is 16.4. The maximum Gasteiger partial charge on any atom is 0.224 e. The SMILES string of the molecule is COc1ccccc1[C@@H]1C[C@H]1C(=O)NCc1cccc(-c2ncc[nH]2)c1. The van der Waals surface area contributed by atoms with Gasteiger partial charge in [-0.15, -0.1) is 0 Å². The van der Waals surface area contributed by atoms with Gasteiger partial charge in [0.25, 0.3) is 0 Å². The summed E-state index contributed by atoms with van der Waals surface area (Å²) in [4.78, 5) is 19.9. The Labute approximate surface area is 152 Å². The zero-order chi connectivity index (χ0) is 17.9. The highest BCUT2D eigenvalue weighted by atomic mass is 16.5. The molecule has 0 unspecified atom stereocenters. The van der Waals surface area contributed by atoms with Crippen LogP contribution in [0.5, 0.6) is 5.75 Å². The molecule has 0 saturated heterocycles. The van der Waals surface area contributed by atoms with E-state index in [1.54, 1.807) is 19.5 Å². The van der Waals surface area contributed by atoms with Crippen molar-refractivity contribution in [3.63, 3.8) is 0 Å². The second-order valence-corrected chi connectivity index (χ2v) is 6.55. The van der Waals surface area contributed by atoms with Gasteiger partial charge in [-0.05, 0) is 35.6 Å². The summed E-state index contributed by atoms with van der Waals surface area (Å²) < 4.78 is 5.41. The number of methoxy groups -OCH3 is 1. The van der Waals surface area contributed by atoms with E-state index in [4.69, 9.17) is 4.74 Å². The zero-order valence-electron chi connectivity index (χ0n) is 14.6. The van der Waals surface area contributed by atoms with Crippen LogP contribution in [0.25, 0.3) is 11.4 Å². The number of carbonyl (C=O) groups is 1. The van der Waals surface area contributed by atoms with Gasteiger partial charge in [0.05, 0.1) is 7.11 Å². The number of rotatable bonds is 6. The van der Waals surface area contributed by atoms with Crippen molar-refractivity contribution in [3.05, 3.63) is 72.1 Å². The Morgan fingerprint density at radius 1 is 1.27 bits per heavy atom. The molecular formula is C21H21N3O2. The molecule has 1 aromatic heterocycles. The van der Waals surface area contributed by atoms with Crippen molar-refractivity contribution < 1.29 is 9.53 Å². The van der Waals surface area contributed by atoms with Gasteiger partial charge in [-0.3, -0.25) is 4.79 Å². The Bertz CT molecular complexity index is 905. The third kappa shape index (κ3) is 3.33. The number of hydrogen-bond donors (Lipinski definition) is 2. The Morgan fingerprint density at radius 3 is 2.96 bits per heavy atom. The molecule has 1 heterocycles. The molecule has 5 heteroatoms. The van der Waals surface area contributed by atoms with Crippen LogP contribution < -0.4 is 10.1 Å². The number of aromatic nitrogens is 2. The van der Waals surface area contributed by atoms with Crippen molar-refractivity contribution >= 4 is 5.91 Å². The molecule has 1 amide bonds. The highest BCUT2D eigenvalue weighted by molar-refractivity contribution is 5.83. The number of aromatic amines is 1. The molecule has 0 aliphatic heterocycles. The second kappa shape index (κ2) is 7.04. The van der Waals surface area contributed by atoms with Crippen LogP contribution in [0.1, 0.15) is 23.5 Å². The number of para-hydroxylation sites is 1. The molecule has 2 N–H and O–H groups in total. The van der Waals surface area contributed by atoms with Crippen molar-refractivity contribution in [2.45, 2.75) is 18.9 Å². The average Bonchev–Trinajstić information content (AvgIpc) is 3.30. The lowest BCUT2D eigenvalue weighted by Gasteiger charge is -2.09.